The minimum Gasteiger partial charge on any atom is -0.452 e. The molecule has 1 heterocycles. The maximum absolute atomic E-state index is 12.7. The zero-order valence-corrected chi connectivity index (χ0v) is 18.0. The second kappa shape index (κ2) is 9.05. The molecule has 1 amide bonds. The summed E-state index contributed by atoms with van der Waals surface area (Å²) in [5.41, 5.74) is 1.82. The van der Waals surface area contributed by atoms with E-state index < -0.39 is 28.6 Å². The lowest BCUT2D eigenvalue weighted by Gasteiger charge is -2.40. The summed E-state index contributed by atoms with van der Waals surface area (Å²) in [7, 11) is -3.83. The Bertz CT molecular complexity index is 827. The minimum absolute atomic E-state index is 0.0866. The molecule has 1 fully saturated rings. The number of nitrogens with zero attached hydrogens (tertiary/aromatic N) is 1. The van der Waals surface area contributed by atoms with Gasteiger partial charge in [-0.25, -0.2) is 8.42 Å². The molecule has 2 rings (SSSR count). The highest BCUT2D eigenvalue weighted by Gasteiger charge is 2.33. The van der Waals surface area contributed by atoms with Gasteiger partial charge in [-0.2, -0.15) is 4.72 Å². The highest BCUT2D eigenvalue weighted by Crippen LogP contribution is 2.23. The number of aryl methyl sites for hydroxylation is 2. The van der Waals surface area contributed by atoms with Gasteiger partial charge in [-0.3, -0.25) is 9.59 Å². The molecule has 0 radical (unpaired) electrons. The number of hydrogen-bond acceptors (Lipinski definition) is 5. The number of esters is 1. The number of sulfonamides is 1. The zero-order chi connectivity index (χ0) is 21.1. The molecule has 1 aromatic rings. The molecule has 156 valence electrons. The van der Waals surface area contributed by atoms with Crippen LogP contribution < -0.4 is 4.72 Å². The van der Waals surface area contributed by atoms with Gasteiger partial charge >= 0.3 is 5.97 Å². The normalized spacial score (nSPS) is 21.2. The monoisotopic (exact) mass is 410 g/mol. The van der Waals surface area contributed by atoms with Crippen molar-refractivity contribution in [3.8, 4) is 0 Å². The molecule has 7 nitrogen and oxygen atoms in total. The molecule has 0 aliphatic carbocycles. The van der Waals surface area contributed by atoms with Crippen molar-refractivity contribution in [2.75, 3.05) is 6.54 Å². The number of amides is 1. The van der Waals surface area contributed by atoms with Crippen LogP contribution in [0, 0.1) is 13.8 Å². The Labute approximate surface area is 167 Å². The Morgan fingerprint density at radius 2 is 1.79 bits per heavy atom. The Hall–Kier alpha value is -1.93. The van der Waals surface area contributed by atoms with Gasteiger partial charge in [0.2, 0.25) is 10.0 Å². The molecular formula is C20H30N2O5S. The summed E-state index contributed by atoms with van der Waals surface area (Å²) in [6, 6.07) is 4.95. The Morgan fingerprint density at radius 1 is 1.18 bits per heavy atom. The van der Waals surface area contributed by atoms with Crippen LogP contribution in [0.15, 0.2) is 23.1 Å². The number of piperidine rings is 1. The summed E-state index contributed by atoms with van der Waals surface area (Å²) >= 11 is 0. The molecule has 1 saturated heterocycles. The first-order chi connectivity index (χ1) is 13.0. The summed E-state index contributed by atoms with van der Waals surface area (Å²) in [5, 5.41) is 0. The molecule has 0 aromatic heterocycles. The van der Waals surface area contributed by atoms with Crippen molar-refractivity contribution in [3.05, 3.63) is 29.3 Å². The van der Waals surface area contributed by atoms with Gasteiger partial charge in [0.1, 0.15) is 6.54 Å². The molecule has 1 aliphatic heterocycles. The topological polar surface area (TPSA) is 92.8 Å². The predicted molar refractivity (Wildman–Crippen MR) is 106 cm³/mol. The summed E-state index contributed by atoms with van der Waals surface area (Å²) in [5.74, 6) is -1.03. The maximum atomic E-state index is 12.7. The number of nitrogens with one attached hydrogen (secondary N) is 1. The van der Waals surface area contributed by atoms with E-state index in [1.165, 1.54) is 13.0 Å². The molecule has 1 aromatic carbocycles. The minimum atomic E-state index is -3.83. The van der Waals surface area contributed by atoms with Crippen LogP contribution in [-0.4, -0.2) is 49.9 Å². The number of likely N-dealkylation sites (tertiary alicyclic amines) is 1. The second-order valence-electron chi connectivity index (χ2n) is 7.58. The molecule has 1 aliphatic rings. The van der Waals surface area contributed by atoms with Crippen molar-refractivity contribution in [2.24, 2.45) is 0 Å². The van der Waals surface area contributed by atoms with E-state index in [0.29, 0.717) is 0 Å². The predicted octanol–water partition coefficient (Wildman–Crippen LogP) is 2.30. The van der Waals surface area contributed by atoms with E-state index in [4.69, 9.17) is 4.74 Å². The van der Waals surface area contributed by atoms with Gasteiger partial charge in [0.15, 0.2) is 6.10 Å². The van der Waals surface area contributed by atoms with E-state index in [2.05, 4.69) is 4.72 Å². The van der Waals surface area contributed by atoms with Crippen LogP contribution in [0.1, 0.15) is 51.2 Å². The van der Waals surface area contributed by atoms with Crippen LogP contribution in [0.5, 0.6) is 0 Å². The van der Waals surface area contributed by atoms with Crippen molar-refractivity contribution < 1.29 is 22.7 Å². The van der Waals surface area contributed by atoms with Crippen LogP contribution in [0.2, 0.25) is 0 Å². The molecule has 0 bridgehead atoms. The van der Waals surface area contributed by atoms with Crippen molar-refractivity contribution in [1.29, 1.82) is 0 Å². The molecule has 3 atom stereocenters. The highest BCUT2D eigenvalue weighted by molar-refractivity contribution is 7.89. The number of benzene rings is 1. The van der Waals surface area contributed by atoms with Crippen LogP contribution in [0.25, 0.3) is 0 Å². The molecule has 0 spiro atoms. The third kappa shape index (κ3) is 5.32. The number of hydrogen-bond donors (Lipinski definition) is 1. The fourth-order valence-corrected chi connectivity index (χ4v) is 4.53. The highest BCUT2D eigenvalue weighted by atomic mass is 32.2. The average molecular weight is 411 g/mol. The van der Waals surface area contributed by atoms with Crippen molar-refractivity contribution in [1.82, 2.24) is 9.62 Å². The van der Waals surface area contributed by atoms with Crippen LogP contribution >= 0.6 is 0 Å². The van der Waals surface area contributed by atoms with E-state index in [9.17, 15) is 18.0 Å². The summed E-state index contributed by atoms with van der Waals surface area (Å²) < 4.78 is 32.1. The second-order valence-corrected chi connectivity index (χ2v) is 9.34. The Morgan fingerprint density at radius 3 is 2.36 bits per heavy atom. The van der Waals surface area contributed by atoms with Crippen LogP contribution in [-0.2, 0) is 24.3 Å². The van der Waals surface area contributed by atoms with Crippen molar-refractivity contribution in [3.63, 3.8) is 0 Å². The first-order valence-corrected chi connectivity index (χ1v) is 11.1. The number of rotatable bonds is 6. The van der Waals surface area contributed by atoms with E-state index >= 15 is 0 Å². The van der Waals surface area contributed by atoms with Crippen molar-refractivity contribution in [2.45, 2.75) is 77.0 Å². The van der Waals surface area contributed by atoms with Gasteiger partial charge in [-0.05, 0) is 77.1 Å². The van der Waals surface area contributed by atoms with Gasteiger partial charge in [0.25, 0.3) is 5.91 Å². The van der Waals surface area contributed by atoms with E-state index in [1.54, 1.807) is 17.0 Å². The van der Waals surface area contributed by atoms with Crippen LogP contribution in [0.3, 0.4) is 0 Å². The standard InChI is InChI=1S/C20H30N2O5S/c1-13-9-10-18(11-14(13)2)28(25,26)21-12-19(23)27-17(5)20(24)22-15(3)7-6-8-16(22)4/h9-11,15-17,21H,6-8,12H2,1-5H3/t15-,16-,17-/m0/s1. The molecule has 8 heteroatoms. The number of carbonyl (C=O) groups excluding carboxylic acids is 2. The van der Waals surface area contributed by atoms with Gasteiger partial charge < -0.3 is 9.64 Å². The lowest BCUT2D eigenvalue weighted by Crippen LogP contribution is -2.51. The lowest BCUT2D eigenvalue weighted by atomic mass is 9.97. The van der Waals surface area contributed by atoms with Gasteiger partial charge in [0.05, 0.1) is 4.90 Å². The van der Waals surface area contributed by atoms with E-state index in [1.807, 2.05) is 27.7 Å². The largest absolute Gasteiger partial charge is 0.452 e. The van der Waals surface area contributed by atoms with Crippen molar-refractivity contribution >= 4 is 21.9 Å². The third-order valence-corrected chi connectivity index (χ3v) is 6.70. The summed E-state index contributed by atoms with van der Waals surface area (Å²) in [6.45, 7) is 8.67. The molecule has 28 heavy (non-hydrogen) atoms. The van der Waals surface area contributed by atoms with Gasteiger partial charge in [0, 0.05) is 12.1 Å². The Kier molecular flexibility index (Phi) is 7.22. The fourth-order valence-electron chi connectivity index (χ4n) is 3.47. The third-order valence-electron chi connectivity index (χ3n) is 5.30. The van der Waals surface area contributed by atoms with Gasteiger partial charge in [-0.15, -0.1) is 0 Å². The SMILES string of the molecule is Cc1ccc(S(=O)(=O)NCC(=O)O[C@@H](C)C(=O)N2[C@@H](C)CCC[C@@H]2C)cc1C. The quantitative estimate of drug-likeness (QED) is 0.727. The maximum Gasteiger partial charge on any atom is 0.321 e. The first kappa shape index (κ1) is 22.4. The van der Waals surface area contributed by atoms with Gasteiger partial charge in [-0.1, -0.05) is 6.07 Å². The van der Waals surface area contributed by atoms with Crippen LogP contribution in [0.4, 0.5) is 0 Å². The van der Waals surface area contributed by atoms with E-state index in [0.717, 1.165) is 30.4 Å². The molecule has 0 saturated carbocycles. The molecule has 1 N–H and O–H groups in total. The summed E-state index contributed by atoms with van der Waals surface area (Å²) in [4.78, 5) is 26.6. The first-order valence-electron chi connectivity index (χ1n) is 9.61. The summed E-state index contributed by atoms with van der Waals surface area (Å²) in [6.07, 6.45) is 1.96. The lowest BCUT2D eigenvalue weighted by molar-refractivity contribution is -0.161. The smallest absolute Gasteiger partial charge is 0.321 e. The zero-order valence-electron chi connectivity index (χ0n) is 17.2. The number of carbonyl (C=O) groups is 2. The molecule has 0 unspecified atom stereocenters. The molecular weight excluding hydrogens is 380 g/mol. The number of ether oxygens (including phenoxy) is 1. The average Bonchev–Trinajstić information content (AvgIpc) is 2.62. The fraction of sp³-hybridized carbons (Fsp3) is 0.600. The Balaban J connectivity index is 1.94. The van der Waals surface area contributed by atoms with E-state index in [-0.39, 0.29) is 22.9 Å².